The Labute approximate surface area is 172 Å². The third-order valence-electron chi connectivity index (χ3n) is 4.10. The van der Waals surface area contributed by atoms with Gasteiger partial charge in [0.05, 0.1) is 6.20 Å². The first-order chi connectivity index (χ1) is 14.2. The van der Waals surface area contributed by atoms with Crippen LogP contribution in [0, 0.1) is 0 Å². The van der Waals surface area contributed by atoms with E-state index >= 15 is 0 Å². The van der Waals surface area contributed by atoms with Crippen molar-refractivity contribution in [1.82, 2.24) is 14.6 Å². The Kier molecular flexibility index (Phi) is 5.74. The highest BCUT2D eigenvalue weighted by Gasteiger charge is 2.13. The van der Waals surface area contributed by atoms with Gasteiger partial charge < -0.3 is 14.9 Å². The van der Waals surface area contributed by atoms with E-state index < -0.39 is 0 Å². The molecule has 0 amide bonds. The van der Waals surface area contributed by atoms with E-state index in [-0.39, 0.29) is 0 Å². The largest absolute Gasteiger partial charge is 0.475 e. The Morgan fingerprint density at radius 3 is 2.48 bits per heavy atom. The Balaban J connectivity index is 0.000000294. The highest BCUT2D eigenvalue weighted by Crippen LogP contribution is 2.30. The van der Waals surface area contributed by atoms with E-state index in [1.54, 1.807) is 22.8 Å². The van der Waals surface area contributed by atoms with Crippen molar-refractivity contribution in [3.05, 3.63) is 84.0 Å². The zero-order valence-electron chi connectivity index (χ0n) is 15.5. The van der Waals surface area contributed by atoms with Crippen molar-refractivity contribution in [1.29, 1.82) is 0 Å². The number of halogens is 1. The van der Waals surface area contributed by atoms with Gasteiger partial charge in [0.15, 0.2) is 11.4 Å². The number of nitrogens with zero attached hydrogens (tertiary/aromatic N) is 3. The van der Waals surface area contributed by atoms with Gasteiger partial charge in [0.1, 0.15) is 17.9 Å². The molecule has 5 rings (SSSR count). The topological polar surface area (TPSA) is 78.6 Å². The molecule has 0 radical (unpaired) electrons. The molecule has 0 unspecified atom stereocenters. The number of hydrogen-bond donors (Lipinski definition) is 1. The minimum atomic E-state index is 0.408. The van der Waals surface area contributed by atoms with Crippen LogP contribution in [0.15, 0.2) is 83.4 Å². The normalized spacial score (nSPS) is 10.7. The van der Waals surface area contributed by atoms with E-state index in [2.05, 4.69) is 10.1 Å². The molecule has 7 heteroatoms. The number of ether oxygens (including phenoxy) is 1. The van der Waals surface area contributed by atoms with Gasteiger partial charge in [-0.2, -0.15) is 0 Å². The average molecular weight is 407 g/mol. The van der Waals surface area contributed by atoms with Gasteiger partial charge >= 0.3 is 0 Å². The second-order valence-corrected chi connectivity index (χ2v) is 6.61. The second-order valence-electron chi connectivity index (χ2n) is 6.17. The van der Waals surface area contributed by atoms with Crippen molar-refractivity contribution in [3.8, 4) is 17.3 Å². The van der Waals surface area contributed by atoms with Crippen molar-refractivity contribution < 1.29 is 9.15 Å². The maximum Gasteiger partial charge on any atom is 0.231 e. The second kappa shape index (κ2) is 8.77. The van der Waals surface area contributed by atoms with Crippen molar-refractivity contribution in [2.75, 3.05) is 13.2 Å². The maximum absolute atomic E-state index is 6.02. The lowest BCUT2D eigenvalue weighted by Crippen LogP contribution is -2.12. The van der Waals surface area contributed by atoms with Crippen LogP contribution in [-0.2, 0) is 0 Å². The predicted octanol–water partition coefficient (Wildman–Crippen LogP) is 4.82. The Bertz CT molecular complexity index is 1190. The fraction of sp³-hybridized carbons (Fsp3) is 0.0909. The van der Waals surface area contributed by atoms with Gasteiger partial charge in [-0.05, 0) is 30.3 Å². The first kappa shape index (κ1) is 19.0. The van der Waals surface area contributed by atoms with Gasteiger partial charge in [0.2, 0.25) is 5.88 Å². The number of aromatic nitrogens is 3. The molecule has 5 aromatic rings. The van der Waals surface area contributed by atoms with E-state index in [9.17, 15) is 0 Å². The van der Waals surface area contributed by atoms with Gasteiger partial charge in [-0.15, -0.1) is 5.10 Å². The first-order valence-corrected chi connectivity index (χ1v) is 9.49. The van der Waals surface area contributed by atoms with Crippen LogP contribution in [0.25, 0.3) is 28.1 Å². The molecule has 3 aromatic heterocycles. The summed E-state index contributed by atoms with van der Waals surface area (Å²) in [6.07, 6.45) is 1.72. The van der Waals surface area contributed by atoms with E-state index in [1.165, 1.54) is 0 Å². The third-order valence-corrected chi connectivity index (χ3v) is 4.34. The summed E-state index contributed by atoms with van der Waals surface area (Å²) in [5, 5.41) is 6.02. The molecule has 0 aliphatic carbocycles. The van der Waals surface area contributed by atoms with E-state index in [4.69, 9.17) is 26.5 Å². The molecule has 2 N–H and O–H groups in total. The van der Waals surface area contributed by atoms with E-state index in [1.807, 2.05) is 60.7 Å². The molecule has 0 atom stereocenters. The SMILES string of the molecule is NCCOc1ccc2ncc(-c3cc4cc(Cl)ccc4o3)n2n1.c1ccccc1. The molecule has 0 saturated heterocycles. The van der Waals surface area contributed by atoms with Crippen LogP contribution in [0.1, 0.15) is 0 Å². The van der Waals surface area contributed by atoms with Crippen LogP contribution in [0.4, 0.5) is 0 Å². The van der Waals surface area contributed by atoms with Gasteiger partial charge in [0.25, 0.3) is 0 Å². The molecular weight excluding hydrogens is 388 g/mol. The molecule has 2 aromatic carbocycles. The lowest BCUT2D eigenvalue weighted by molar-refractivity contribution is 0.310. The van der Waals surface area contributed by atoms with Crippen molar-refractivity contribution in [2.24, 2.45) is 5.73 Å². The zero-order chi connectivity index (χ0) is 20.1. The first-order valence-electron chi connectivity index (χ1n) is 9.12. The highest BCUT2D eigenvalue weighted by molar-refractivity contribution is 6.31. The molecule has 146 valence electrons. The van der Waals surface area contributed by atoms with Gasteiger partial charge in [-0.1, -0.05) is 48.0 Å². The average Bonchev–Trinajstić information content (AvgIpc) is 3.37. The Hall–Kier alpha value is -3.35. The number of imidazole rings is 1. The molecule has 0 bridgehead atoms. The van der Waals surface area contributed by atoms with E-state index in [0.29, 0.717) is 35.5 Å². The van der Waals surface area contributed by atoms with Crippen molar-refractivity contribution in [2.45, 2.75) is 0 Å². The Morgan fingerprint density at radius 2 is 1.76 bits per heavy atom. The van der Waals surface area contributed by atoms with Crippen molar-refractivity contribution >= 4 is 28.2 Å². The summed E-state index contributed by atoms with van der Waals surface area (Å²) in [6.45, 7) is 0.840. The minimum absolute atomic E-state index is 0.408. The summed E-state index contributed by atoms with van der Waals surface area (Å²) in [7, 11) is 0. The molecular formula is C22H19ClN4O2. The van der Waals surface area contributed by atoms with E-state index in [0.717, 1.165) is 16.7 Å². The number of rotatable bonds is 4. The summed E-state index contributed by atoms with van der Waals surface area (Å²) in [4.78, 5) is 4.34. The fourth-order valence-electron chi connectivity index (χ4n) is 2.79. The zero-order valence-corrected chi connectivity index (χ0v) is 16.3. The number of furan rings is 1. The molecule has 0 aliphatic rings. The third kappa shape index (κ3) is 4.39. The van der Waals surface area contributed by atoms with Gasteiger partial charge in [0, 0.05) is 23.0 Å². The molecule has 0 aliphatic heterocycles. The number of hydrogen-bond acceptors (Lipinski definition) is 5. The number of nitrogens with two attached hydrogens (primary N) is 1. The van der Waals surface area contributed by atoms with Gasteiger partial charge in [-0.25, -0.2) is 9.50 Å². The van der Waals surface area contributed by atoms with Crippen LogP contribution in [0.5, 0.6) is 5.88 Å². The summed E-state index contributed by atoms with van der Waals surface area (Å²) < 4.78 is 13.0. The van der Waals surface area contributed by atoms with Crippen LogP contribution in [0.3, 0.4) is 0 Å². The summed E-state index contributed by atoms with van der Waals surface area (Å²) in [5.74, 6) is 1.15. The number of benzene rings is 2. The molecule has 6 nitrogen and oxygen atoms in total. The van der Waals surface area contributed by atoms with Crippen LogP contribution in [-0.4, -0.2) is 27.7 Å². The molecule has 0 spiro atoms. The molecule has 0 fully saturated rings. The highest BCUT2D eigenvalue weighted by atomic mass is 35.5. The summed E-state index contributed by atoms with van der Waals surface area (Å²) in [6, 6.07) is 23.0. The standard InChI is InChI=1S/C16H13ClN4O2.C6H6/c17-11-1-2-13-10(7-11)8-14(23-13)12-9-19-15-3-4-16(20-21(12)15)22-6-5-18;1-2-4-6-5-3-1/h1-4,7-9H,5-6,18H2;1-6H. The van der Waals surface area contributed by atoms with Crippen molar-refractivity contribution in [3.63, 3.8) is 0 Å². The lowest BCUT2D eigenvalue weighted by atomic mass is 10.2. The quantitative estimate of drug-likeness (QED) is 0.463. The molecule has 3 heterocycles. The monoisotopic (exact) mass is 406 g/mol. The smallest absolute Gasteiger partial charge is 0.231 e. The fourth-order valence-corrected chi connectivity index (χ4v) is 2.97. The van der Waals surface area contributed by atoms with Crippen LogP contribution < -0.4 is 10.5 Å². The van der Waals surface area contributed by atoms with Crippen LogP contribution >= 0.6 is 11.6 Å². The molecule has 0 saturated carbocycles. The summed E-state index contributed by atoms with van der Waals surface area (Å²) >= 11 is 6.02. The maximum atomic E-state index is 6.02. The Morgan fingerprint density at radius 1 is 1.00 bits per heavy atom. The number of fused-ring (bicyclic) bond motifs is 2. The van der Waals surface area contributed by atoms with Crippen LogP contribution in [0.2, 0.25) is 5.02 Å². The summed E-state index contributed by atoms with van der Waals surface area (Å²) in [5.41, 5.74) is 7.65. The lowest BCUT2D eigenvalue weighted by Gasteiger charge is -2.04. The molecule has 29 heavy (non-hydrogen) atoms. The predicted molar refractivity (Wildman–Crippen MR) is 114 cm³/mol. The van der Waals surface area contributed by atoms with Gasteiger partial charge in [-0.3, -0.25) is 0 Å². The minimum Gasteiger partial charge on any atom is -0.475 e.